The van der Waals surface area contributed by atoms with Crippen molar-refractivity contribution in [2.45, 2.75) is 33.1 Å². The van der Waals surface area contributed by atoms with Gasteiger partial charge >= 0.3 is 5.97 Å². The zero-order valence-corrected chi connectivity index (χ0v) is 7.79. The summed E-state index contributed by atoms with van der Waals surface area (Å²) in [4.78, 5) is 10.3. The Bertz CT molecular complexity index is 132. The summed E-state index contributed by atoms with van der Waals surface area (Å²) < 4.78 is 0. The molecule has 0 amide bonds. The van der Waals surface area contributed by atoms with Gasteiger partial charge in [-0.2, -0.15) is 0 Å². The van der Waals surface area contributed by atoms with Gasteiger partial charge in [0.15, 0.2) is 0 Å². The van der Waals surface area contributed by atoms with Crippen molar-refractivity contribution in [2.75, 3.05) is 6.61 Å². The first-order valence-electron chi connectivity index (χ1n) is 4.39. The normalized spacial score (nSPS) is 13.3. The number of hydrogen-bond acceptors (Lipinski definition) is 2. The molecule has 0 aliphatic rings. The van der Waals surface area contributed by atoms with E-state index in [0.717, 1.165) is 12.8 Å². The number of aliphatic hydroxyl groups is 1. The van der Waals surface area contributed by atoms with Crippen LogP contribution in [0.25, 0.3) is 0 Å². The third kappa shape index (κ3) is 6.16. The van der Waals surface area contributed by atoms with E-state index in [-0.39, 0.29) is 18.9 Å². The van der Waals surface area contributed by atoms with E-state index < -0.39 is 5.97 Å². The Morgan fingerprint density at radius 1 is 1.33 bits per heavy atom. The van der Waals surface area contributed by atoms with E-state index in [9.17, 15) is 4.79 Å². The van der Waals surface area contributed by atoms with E-state index in [2.05, 4.69) is 13.8 Å². The van der Waals surface area contributed by atoms with Gasteiger partial charge in [-0.25, -0.2) is 0 Å². The third-order valence-electron chi connectivity index (χ3n) is 1.87. The second-order valence-corrected chi connectivity index (χ2v) is 3.62. The van der Waals surface area contributed by atoms with Crippen LogP contribution in [-0.4, -0.2) is 22.8 Å². The van der Waals surface area contributed by atoms with Gasteiger partial charge in [-0.15, -0.1) is 0 Å². The standard InChI is InChI=1S/C9H18O3/c1-7(2)3-4-8(6-10)5-9(11)12/h7-8,10H,3-6H2,1-2H3,(H,11,12). The van der Waals surface area contributed by atoms with Crippen LogP contribution in [0.4, 0.5) is 0 Å². The van der Waals surface area contributed by atoms with Gasteiger partial charge in [0.2, 0.25) is 0 Å². The summed E-state index contributed by atoms with van der Waals surface area (Å²) in [6.45, 7) is 4.17. The molecule has 3 nitrogen and oxygen atoms in total. The van der Waals surface area contributed by atoms with Crippen molar-refractivity contribution >= 4 is 5.97 Å². The number of carbonyl (C=O) groups is 1. The summed E-state index contributed by atoms with van der Waals surface area (Å²) >= 11 is 0. The quantitative estimate of drug-likeness (QED) is 0.641. The Hall–Kier alpha value is -0.570. The minimum absolute atomic E-state index is 0.0149. The maximum absolute atomic E-state index is 10.3. The van der Waals surface area contributed by atoms with Crippen LogP contribution in [0.15, 0.2) is 0 Å². The highest BCUT2D eigenvalue weighted by molar-refractivity contribution is 5.66. The van der Waals surface area contributed by atoms with Crippen LogP contribution in [0, 0.1) is 11.8 Å². The molecule has 0 bridgehead atoms. The molecular weight excluding hydrogens is 156 g/mol. The molecule has 1 atom stereocenters. The van der Waals surface area contributed by atoms with E-state index in [4.69, 9.17) is 10.2 Å². The van der Waals surface area contributed by atoms with Crippen molar-refractivity contribution in [3.63, 3.8) is 0 Å². The van der Waals surface area contributed by atoms with E-state index >= 15 is 0 Å². The molecule has 0 saturated heterocycles. The highest BCUT2D eigenvalue weighted by Gasteiger charge is 2.12. The lowest BCUT2D eigenvalue weighted by atomic mass is 9.96. The van der Waals surface area contributed by atoms with Crippen LogP contribution in [0.2, 0.25) is 0 Å². The van der Waals surface area contributed by atoms with Crippen molar-refractivity contribution in [1.29, 1.82) is 0 Å². The zero-order chi connectivity index (χ0) is 9.56. The van der Waals surface area contributed by atoms with Crippen molar-refractivity contribution in [3.8, 4) is 0 Å². The molecule has 0 aromatic rings. The predicted molar refractivity (Wildman–Crippen MR) is 46.9 cm³/mol. The second kappa shape index (κ2) is 6.00. The molecule has 0 aromatic carbocycles. The van der Waals surface area contributed by atoms with Gasteiger partial charge < -0.3 is 10.2 Å². The Kier molecular flexibility index (Phi) is 5.72. The van der Waals surface area contributed by atoms with Crippen molar-refractivity contribution < 1.29 is 15.0 Å². The van der Waals surface area contributed by atoms with Crippen LogP contribution >= 0.6 is 0 Å². The van der Waals surface area contributed by atoms with Crippen LogP contribution in [0.1, 0.15) is 33.1 Å². The average Bonchev–Trinajstić information content (AvgIpc) is 1.97. The van der Waals surface area contributed by atoms with Crippen LogP contribution in [0.3, 0.4) is 0 Å². The van der Waals surface area contributed by atoms with Crippen LogP contribution in [0.5, 0.6) is 0 Å². The monoisotopic (exact) mass is 174 g/mol. The molecule has 12 heavy (non-hydrogen) atoms. The minimum Gasteiger partial charge on any atom is -0.481 e. The molecule has 0 radical (unpaired) electrons. The molecule has 0 spiro atoms. The fraction of sp³-hybridized carbons (Fsp3) is 0.889. The summed E-state index contributed by atoms with van der Waals surface area (Å²) in [5.74, 6) is -0.310. The van der Waals surface area contributed by atoms with Gasteiger partial charge in [0.25, 0.3) is 0 Å². The van der Waals surface area contributed by atoms with E-state index in [1.165, 1.54) is 0 Å². The van der Waals surface area contributed by atoms with Gasteiger partial charge in [-0.3, -0.25) is 4.79 Å². The summed E-state index contributed by atoms with van der Waals surface area (Å²) in [6.07, 6.45) is 1.88. The van der Waals surface area contributed by atoms with Gasteiger partial charge in [-0.1, -0.05) is 20.3 Å². The van der Waals surface area contributed by atoms with Crippen molar-refractivity contribution in [1.82, 2.24) is 0 Å². The number of carboxylic acid groups (broad SMARTS) is 1. The Balaban J connectivity index is 3.60. The van der Waals surface area contributed by atoms with E-state index in [1.54, 1.807) is 0 Å². The molecule has 72 valence electrons. The smallest absolute Gasteiger partial charge is 0.303 e. The summed E-state index contributed by atoms with van der Waals surface area (Å²) in [5, 5.41) is 17.3. The van der Waals surface area contributed by atoms with E-state index in [1.807, 2.05) is 0 Å². The number of rotatable bonds is 6. The molecule has 0 aliphatic carbocycles. The van der Waals surface area contributed by atoms with E-state index in [0.29, 0.717) is 5.92 Å². The van der Waals surface area contributed by atoms with Crippen LogP contribution in [-0.2, 0) is 4.79 Å². The molecule has 2 N–H and O–H groups in total. The molecule has 3 heteroatoms. The van der Waals surface area contributed by atoms with Crippen molar-refractivity contribution in [2.24, 2.45) is 11.8 Å². The fourth-order valence-corrected chi connectivity index (χ4v) is 1.07. The topological polar surface area (TPSA) is 57.5 Å². The first-order valence-corrected chi connectivity index (χ1v) is 4.39. The molecular formula is C9H18O3. The molecule has 0 rings (SSSR count). The molecule has 1 unspecified atom stereocenters. The lowest BCUT2D eigenvalue weighted by molar-refractivity contribution is -0.138. The Morgan fingerprint density at radius 2 is 1.92 bits per heavy atom. The first-order chi connectivity index (χ1) is 5.56. The lowest BCUT2D eigenvalue weighted by Gasteiger charge is -2.12. The summed E-state index contributed by atoms with van der Waals surface area (Å²) in [7, 11) is 0. The number of aliphatic carboxylic acids is 1. The second-order valence-electron chi connectivity index (χ2n) is 3.62. The zero-order valence-electron chi connectivity index (χ0n) is 7.79. The maximum Gasteiger partial charge on any atom is 0.303 e. The van der Waals surface area contributed by atoms with Gasteiger partial charge in [-0.05, 0) is 18.3 Å². The van der Waals surface area contributed by atoms with Crippen LogP contribution < -0.4 is 0 Å². The highest BCUT2D eigenvalue weighted by atomic mass is 16.4. The molecule has 0 heterocycles. The predicted octanol–water partition coefficient (Wildman–Crippen LogP) is 1.51. The molecule has 0 saturated carbocycles. The number of carboxylic acids is 1. The number of aliphatic hydroxyl groups excluding tert-OH is 1. The largest absolute Gasteiger partial charge is 0.481 e. The van der Waals surface area contributed by atoms with Crippen molar-refractivity contribution in [3.05, 3.63) is 0 Å². The third-order valence-corrected chi connectivity index (χ3v) is 1.87. The average molecular weight is 174 g/mol. The molecule has 0 aromatic heterocycles. The van der Waals surface area contributed by atoms with Gasteiger partial charge in [0, 0.05) is 6.61 Å². The lowest BCUT2D eigenvalue weighted by Crippen LogP contribution is -2.12. The first kappa shape index (κ1) is 11.4. The minimum atomic E-state index is -0.821. The fourth-order valence-electron chi connectivity index (χ4n) is 1.07. The number of hydrogen-bond donors (Lipinski definition) is 2. The summed E-state index contributed by atoms with van der Waals surface area (Å²) in [5.41, 5.74) is 0. The Morgan fingerprint density at radius 3 is 2.25 bits per heavy atom. The maximum atomic E-state index is 10.3. The summed E-state index contributed by atoms with van der Waals surface area (Å²) in [6, 6.07) is 0. The Labute approximate surface area is 73.4 Å². The van der Waals surface area contributed by atoms with Gasteiger partial charge in [0.05, 0.1) is 6.42 Å². The SMILES string of the molecule is CC(C)CCC(CO)CC(=O)O. The molecule has 0 fully saturated rings. The highest BCUT2D eigenvalue weighted by Crippen LogP contribution is 2.14. The van der Waals surface area contributed by atoms with Gasteiger partial charge in [0.1, 0.15) is 0 Å². The molecule has 0 aliphatic heterocycles.